The van der Waals surface area contributed by atoms with Crippen LogP contribution in [-0.4, -0.2) is 11.9 Å². The number of alkyl halides is 3. The Kier molecular flexibility index (Phi) is 5.11. The van der Waals surface area contributed by atoms with Gasteiger partial charge in [-0.2, -0.15) is 18.4 Å². The van der Waals surface area contributed by atoms with Gasteiger partial charge in [0.2, 0.25) is 5.91 Å². The van der Waals surface area contributed by atoms with E-state index in [0.29, 0.717) is 12.8 Å². The highest BCUT2D eigenvalue weighted by atomic mass is 19.4. The first-order valence-corrected chi connectivity index (χ1v) is 5.97. The highest BCUT2D eigenvalue weighted by Crippen LogP contribution is 2.33. The van der Waals surface area contributed by atoms with Crippen molar-refractivity contribution in [3.63, 3.8) is 0 Å². The lowest BCUT2D eigenvalue weighted by molar-refractivity contribution is -0.137. The number of hydrogen-bond donors (Lipinski definition) is 2. The Hall–Kier alpha value is -2.07. The molecule has 1 aromatic rings. The van der Waals surface area contributed by atoms with E-state index in [2.05, 4.69) is 5.32 Å². The van der Waals surface area contributed by atoms with Gasteiger partial charge in [-0.3, -0.25) is 4.79 Å². The van der Waals surface area contributed by atoms with Crippen LogP contribution < -0.4 is 11.1 Å². The fourth-order valence-corrected chi connectivity index (χ4v) is 1.63. The lowest BCUT2D eigenvalue weighted by atomic mass is 10.1. The fourth-order valence-electron chi connectivity index (χ4n) is 1.63. The van der Waals surface area contributed by atoms with Crippen LogP contribution in [0.5, 0.6) is 0 Å². The molecule has 0 aliphatic rings. The lowest BCUT2D eigenvalue weighted by Gasteiger charge is -2.14. The van der Waals surface area contributed by atoms with Crippen LogP contribution >= 0.6 is 0 Å². The Balaban J connectivity index is 2.99. The van der Waals surface area contributed by atoms with Crippen molar-refractivity contribution in [3.05, 3.63) is 29.3 Å². The van der Waals surface area contributed by atoms with Gasteiger partial charge in [-0.05, 0) is 24.6 Å². The molecular weight excluding hydrogens is 271 g/mol. The zero-order chi connectivity index (χ0) is 15.3. The molecule has 1 atom stereocenters. The van der Waals surface area contributed by atoms with Gasteiger partial charge in [0.25, 0.3) is 0 Å². The number of rotatable bonds is 4. The molecule has 0 unspecified atom stereocenters. The minimum absolute atomic E-state index is 0.0344. The van der Waals surface area contributed by atoms with E-state index in [1.54, 1.807) is 0 Å². The van der Waals surface area contributed by atoms with Crippen molar-refractivity contribution in [3.8, 4) is 6.07 Å². The summed E-state index contributed by atoms with van der Waals surface area (Å²) in [4.78, 5) is 11.6. The molecule has 0 spiro atoms. The number of nitrogens with two attached hydrogens (primary N) is 1. The first-order chi connectivity index (χ1) is 9.29. The van der Waals surface area contributed by atoms with E-state index in [-0.39, 0.29) is 5.69 Å². The summed E-state index contributed by atoms with van der Waals surface area (Å²) in [6.07, 6.45) is -3.53. The molecule has 0 saturated carbocycles. The summed E-state index contributed by atoms with van der Waals surface area (Å²) in [6.45, 7) is 1.84. The number of nitrogens with zero attached hydrogens (tertiary/aromatic N) is 1. The molecular formula is C13H14F3N3O. The van der Waals surface area contributed by atoms with Crippen LogP contribution in [-0.2, 0) is 11.0 Å². The molecule has 0 aliphatic heterocycles. The molecule has 1 rings (SSSR count). The number of anilines is 1. The zero-order valence-electron chi connectivity index (χ0n) is 10.8. The van der Waals surface area contributed by atoms with Crippen molar-refractivity contribution < 1.29 is 18.0 Å². The summed E-state index contributed by atoms with van der Waals surface area (Å²) in [5.74, 6) is -0.551. The third kappa shape index (κ3) is 3.96. The van der Waals surface area contributed by atoms with E-state index in [9.17, 15) is 18.0 Å². The van der Waals surface area contributed by atoms with Crippen LogP contribution in [0.1, 0.15) is 30.9 Å². The molecule has 0 heterocycles. The molecule has 0 aromatic heterocycles. The number of amides is 1. The summed E-state index contributed by atoms with van der Waals surface area (Å²) < 4.78 is 38.2. The van der Waals surface area contributed by atoms with Crippen LogP contribution in [0.25, 0.3) is 0 Å². The van der Waals surface area contributed by atoms with Crippen LogP contribution in [0.2, 0.25) is 0 Å². The summed E-state index contributed by atoms with van der Waals surface area (Å²) in [7, 11) is 0. The number of halogens is 3. The quantitative estimate of drug-likeness (QED) is 0.892. The van der Waals surface area contributed by atoms with Crippen molar-refractivity contribution >= 4 is 11.6 Å². The maximum atomic E-state index is 12.7. The van der Waals surface area contributed by atoms with E-state index in [4.69, 9.17) is 11.0 Å². The van der Waals surface area contributed by atoms with Gasteiger partial charge in [-0.25, -0.2) is 0 Å². The van der Waals surface area contributed by atoms with Gasteiger partial charge in [0.15, 0.2) is 0 Å². The number of carbonyl (C=O) groups is 1. The molecule has 108 valence electrons. The molecule has 0 bridgehead atoms. The topological polar surface area (TPSA) is 78.9 Å². The number of benzene rings is 1. The van der Waals surface area contributed by atoms with Crippen molar-refractivity contribution in [2.75, 3.05) is 5.32 Å². The third-order valence-corrected chi connectivity index (χ3v) is 2.65. The first kappa shape index (κ1) is 16.0. The van der Waals surface area contributed by atoms with Gasteiger partial charge in [0, 0.05) is 5.69 Å². The number of carbonyl (C=O) groups excluding carboxylic acids is 1. The van der Waals surface area contributed by atoms with E-state index >= 15 is 0 Å². The van der Waals surface area contributed by atoms with Gasteiger partial charge in [0.1, 0.15) is 0 Å². The van der Waals surface area contributed by atoms with Gasteiger partial charge in [-0.15, -0.1) is 0 Å². The molecule has 0 saturated heterocycles. The van der Waals surface area contributed by atoms with Gasteiger partial charge < -0.3 is 11.1 Å². The van der Waals surface area contributed by atoms with E-state index in [0.717, 1.165) is 12.1 Å². The normalized spacial score (nSPS) is 12.6. The molecule has 7 heteroatoms. The average molecular weight is 285 g/mol. The Morgan fingerprint density at radius 2 is 2.15 bits per heavy atom. The Bertz CT molecular complexity index is 535. The number of nitrogens with one attached hydrogen (secondary N) is 1. The van der Waals surface area contributed by atoms with Crippen molar-refractivity contribution in [1.82, 2.24) is 0 Å². The molecule has 1 aromatic carbocycles. The number of nitriles is 1. The minimum Gasteiger partial charge on any atom is -0.325 e. The van der Waals surface area contributed by atoms with Crippen LogP contribution in [0, 0.1) is 11.3 Å². The van der Waals surface area contributed by atoms with Crippen molar-refractivity contribution in [2.45, 2.75) is 32.0 Å². The smallest absolute Gasteiger partial charge is 0.325 e. The molecule has 1 amide bonds. The van der Waals surface area contributed by atoms with Crippen LogP contribution in [0.3, 0.4) is 0 Å². The summed E-state index contributed by atoms with van der Waals surface area (Å²) in [5.41, 5.74) is 3.96. The molecule has 3 N–H and O–H groups in total. The van der Waals surface area contributed by atoms with Gasteiger partial charge in [0.05, 0.1) is 23.2 Å². The third-order valence-electron chi connectivity index (χ3n) is 2.65. The van der Waals surface area contributed by atoms with Crippen molar-refractivity contribution in [1.29, 1.82) is 5.26 Å². The second kappa shape index (κ2) is 6.39. The van der Waals surface area contributed by atoms with Gasteiger partial charge >= 0.3 is 6.18 Å². The minimum atomic E-state index is -4.66. The average Bonchev–Trinajstić information content (AvgIpc) is 2.37. The maximum Gasteiger partial charge on any atom is 0.417 e. The molecule has 4 nitrogen and oxygen atoms in total. The van der Waals surface area contributed by atoms with Crippen LogP contribution in [0.15, 0.2) is 18.2 Å². The lowest BCUT2D eigenvalue weighted by Crippen LogP contribution is -2.35. The highest BCUT2D eigenvalue weighted by Gasteiger charge is 2.34. The van der Waals surface area contributed by atoms with E-state index < -0.39 is 29.3 Å². The fraction of sp³-hybridized carbons (Fsp3) is 0.385. The molecule has 0 aliphatic carbocycles. The largest absolute Gasteiger partial charge is 0.417 e. The molecule has 0 radical (unpaired) electrons. The van der Waals surface area contributed by atoms with Gasteiger partial charge in [-0.1, -0.05) is 13.3 Å². The zero-order valence-corrected chi connectivity index (χ0v) is 10.8. The van der Waals surface area contributed by atoms with Crippen LogP contribution in [0.4, 0.5) is 18.9 Å². The Morgan fingerprint density at radius 3 is 2.65 bits per heavy atom. The monoisotopic (exact) mass is 285 g/mol. The van der Waals surface area contributed by atoms with E-state index in [1.165, 1.54) is 12.1 Å². The maximum absolute atomic E-state index is 12.7. The summed E-state index contributed by atoms with van der Waals surface area (Å²) in [6, 6.07) is 3.68. The Labute approximate surface area is 114 Å². The SMILES string of the molecule is CCC[C@@H](N)C(=O)Nc1ccc(C#N)c(C(F)(F)F)c1. The van der Waals surface area contributed by atoms with E-state index in [1.807, 2.05) is 6.92 Å². The van der Waals surface area contributed by atoms with Crippen molar-refractivity contribution in [2.24, 2.45) is 5.73 Å². The predicted octanol–water partition coefficient (Wildman–Crippen LogP) is 2.64. The standard InChI is InChI=1S/C13H14F3N3O/c1-2-3-11(18)12(20)19-9-5-4-8(7-17)10(6-9)13(14,15)16/h4-6,11H,2-3,18H2,1H3,(H,19,20)/t11-/m1/s1. The highest BCUT2D eigenvalue weighted by molar-refractivity contribution is 5.94. The second-order valence-electron chi connectivity index (χ2n) is 4.25. The molecule has 0 fully saturated rings. The first-order valence-electron chi connectivity index (χ1n) is 5.97. The summed E-state index contributed by atoms with van der Waals surface area (Å²) >= 11 is 0. The molecule has 20 heavy (non-hydrogen) atoms. The Morgan fingerprint density at radius 1 is 1.50 bits per heavy atom. The number of hydrogen-bond acceptors (Lipinski definition) is 3. The predicted molar refractivity (Wildman–Crippen MR) is 67.7 cm³/mol. The summed E-state index contributed by atoms with van der Waals surface area (Å²) in [5, 5.41) is 11.0. The second-order valence-corrected chi connectivity index (χ2v) is 4.25.